The Bertz CT molecular complexity index is 498. The van der Waals surface area contributed by atoms with Crippen molar-refractivity contribution >= 4 is 21.8 Å². The van der Waals surface area contributed by atoms with Crippen molar-refractivity contribution in [1.82, 2.24) is 10.3 Å². The van der Waals surface area contributed by atoms with E-state index in [0.717, 1.165) is 18.9 Å². The van der Waals surface area contributed by atoms with Gasteiger partial charge in [0.25, 0.3) is 5.91 Å². The molecular weight excluding hydrogens is 325 g/mol. The van der Waals surface area contributed by atoms with Gasteiger partial charge in [0.2, 0.25) is 0 Å². The highest BCUT2D eigenvalue weighted by Crippen LogP contribution is 2.30. The first kappa shape index (κ1) is 14.3. The SMILES string of the molecule is CC1CC(NC(=O)c2nc(C(F)(F)F)ccc2Br)C1. The Morgan fingerprint density at radius 1 is 1.42 bits per heavy atom. The number of halogens is 4. The third-order valence-corrected chi connectivity index (χ3v) is 3.70. The molecule has 1 aromatic rings. The van der Waals surface area contributed by atoms with Gasteiger partial charge in [0.15, 0.2) is 0 Å². The topological polar surface area (TPSA) is 42.0 Å². The average molecular weight is 337 g/mol. The summed E-state index contributed by atoms with van der Waals surface area (Å²) in [5.74, 6) is -0.0296. The second-order valence-corrected chi connectivity index (χ2v) is 5.63. The molecule has 0 aliphatic heterocycles. The van der Waals surface area contributed by atoms with Crippen LogP contribution in [-0.4, -0.2) is 16.9 Å². The minimum atomic E-state index is -4.55. The monoisotopic (exact) mass is 336 g/mol. The van der Waals surface area contributed by atoms with Crippen LogP contribution in [0.1, 0.15) is 35.9 Å². The zero-order chi connectivity index (χ0) is 14.2. The molecular formula is C12H12BrF3N2O. The van der Waals surface area contributed by atoms with Crippen LogP contribution in [0.3, 0.4) is 0 Å². The fourth-order valence-electron chi connectivity index (χ4n) is 2.03. The predicted octanol–water partition coefficient (Wildman–Crippen LogP) is 3.39. The molecule has 1 aromatic heterocycles. The van der Waals surface area contributed by atoms with Gasteiger partial charge in [-0.15, -0.1) is 0 Å². The van der Waals surface area contributed by atoms with E-state index in [4.69, 9.17) is 0 Å². The molecule has 7 heteroatoms. The van der Waals surface area contributed by atoms with Crippen molar-refractivity contribution in [3.8, 4) is 0 Å². The Morgan fingerprint density at radius 2 is 2.05 bits per heavy atom. The average Bonchev–Trinajstić information content (AvgIpc) is 2.25. The Balaban J connectivity index is 2.16. The van der Waals surface area contributed by atoms with Gasteiger partial charge < -0.3 is 5.32 Å². The molecule has 1 aliphatic rings. The summed E-state index contributed by atoms with van der Waals surface area (Å²) in [5.41, 5.74) is -1.29. The lowest BCUT2D eigenvalue weighted by molar-refractivity contribution is -0.141. The normalized spacial score (nSPS) is 22.8. The van der Waals surface area contributed by atoms with E-state index < -0.39 is 17.8 Å². The molecule has 3 nitrogen and oxygen atoms in total. The molecule has 1 fully saturated rings. The molecule has 2 rings (SSSR count). The van der Waals surface area contributed by atoms with Crippen molar-refractivity contribution in [2.45, 2.75) is 32.0 Å². The number of nitrogens with zero attached hydrogens (tertiary/aromatic N) is 1. The summed E-state index contributed by atoms with van der Waals surface area (Å²) < 4.78 is 37.9. The van der Waals surface area contributed by atoms with Crippen molar-refractivity contribution in [3.63, 3.8) is 0 Å². The molecule has 0 radical (unpaired) electrons. The van der Waals surface area contributed by atoms with E-state index in [1.807, 2.05) is 0 Å². The molecule has 19 heavy (non-hydrogen) atoms. The molecule has 1 saturated carbocycles. The smallest absolute Gasteiger partial charge is 0.348 e. The number of rotatable bonds is 2. The number of carbonyl (C=O) groups excluding carboxylic acids is 1. The Morgan fingerprint density at radius 3 is 2.58 bits per heavy atom. The lowest BCUT2D eigenvalue weighted by Crippen LogP contribution is -2.43. The second kappa shape index (κ2) is 5.11. The van der Waals surface area contributed by atoms with Gasteiger partial charge in [0, 0.05) is 10.5 Å². The van der Waals surface area contributed by atoms with Crippen LogP contribution in [0.25, 0.3) is 0 Å². The molecule has 0 bridgehead atoms. The first-order valence-electron chi connectivity index (χ1n) is 5.82. The summed E-state index contributed by atoms with van der Waals surface area (Å²) in [6, 6.07) is 2.06. The van der Waals surface area contributed by atoms with Crippen LogP contribution in [0.15, 0.2) is 16.6 Å². The van der Waals surface area contributed by atoms with E-state index in [9.17, 15) is 18.0 Å². The Labute approximate surface area is 116 Å². The summed E-state index contributed by atoms with van der Waals surface area (Å²) in [4.78, 5) is 15.3. The maximum Gasteiger partial charge on any atom is 0.433 e. The second-order valence-electron chi connectivity index (χ2n) is 4.77. The quantitative estimate of drug-likeness (QED) is 0.899. The molecule has 1 aliphatic carbocycles. The lowest BCUT2D eigenvalue weighted by atomic mass is 9.82. The van der Waals surface area contributed by atoms with Gasteiger partial charge in [-0.2, -0.15) is 13.2 Å². The maximum atomic E-state index is 12.5. The molecule has 0 spiro atoms. The standard InChI is InChI=1S/C12H12BrF3N2O/c1-6-4-7(5-6)17-11(19)10-8(13)2-3-9(18-10)12(14,15)16/h2-3,6-7H,4-5H2,1H3,(H,17,19). The third-order valence-electron chi connectivity index (χ3n) is 3.06. The number of aromatic nitrogens is 1. The van der Waals surface area contributed by atoms with Gasteiger partial charge in [0.05, 0.1) is 0 Å². The van der Waals surface area contributed by atoms with Gasteiger partial charge in [-0.05, 0) is 46.8 Å². The van der Waals surface area contributed by atoms with E-state index in [-0.39, 0.29) is 16.2 Å². The highest BCUT2D eigenvalue weighted by Gasteiger charge is 2.34. The van der Waals surface area contributed by atoms with Crippen LogP contribution in [-0.2, 0) is 6.18 Å². The van der Waals surface area contributed by atoms with Gasteiger partial charge in [-0.1, -0.05) is 6.92 Å². The first-order valence-corrected chi connectivity index (χ1v) is 6.61. The third kappa shape index (κ3) is 3.26. The summed E-state index contributed by atoms with van der Waals surface area (Å²) >= 11 is 3.05. The van der Waals surface area contributed by atoms with Crippen LogP contribution < -0.4 is 5.32 Å². The molecule has 0 saturated heterocycles. The maximum absolute atomic E-state index is 12.5. The van der Waals surface area contributed by atoms with Crippen molar-refractivity contribution in [2.24, 2.45) is 5.92 Å². The number of pyridine rings is 1. The number of hydrogen-bond donors (Lipinski definition) is 1. The molecule has 0 atom stereocenters. The molecule has 1 N–H and O–H groups in total. The molecule has 1 amide bonds. The van der Waals surface area contributed by atoms with Crippen LogP contribution >= 0.6 is 15.9 Å². The number of carbonyl (C=O) groups is 1. The largest absolute Gasteiger partial charge is 0.433 e. The summed E-state index contributed by atoms with van der Waals surface area (Å²) in [5, 5.41) is 2.68. The van der Waals surface area contributed by atoms with Crippen LogP contribution in [0.4, 0.5) is 13.2 Å². The summed E-state index contributed by atoms with van der Waals surface area (Å²) in [7, 11) is 0. The van der Waals surface area contributed by atoms with Crippen molar-refractivity contribution in [3.05, 3.63) is 28.0 Å². The number of hydrogen-bond acceptors (Lipinski definition) is 2. The minimum absolute atomic E-state index is 0.0331. The summed E-state index contributed by atoms with van der Waals surface area (Å²) in [6.45, 7) is 2.06. The van der Waals surface area contributed by atoms with Gasteiger partial charge in [-0.25, -0.2) is 4.98 Å². The van der Waals surface area contributed by atoms with Crippen LogP contribution in [0, 0.1) is 5.92 Å². The van der Waals surface area contributed by atoms with Crippen molar-refractivity contribution in [1.29, 1.82) is 0 Å². The first-order chi connectivity index (χ1) is 8.77. The van der Waals surface area contributed by atoms with E-state index >= 15 is 0 Å². The van der Waals surface area contributed by atoms with E-state index in [1.165, 1.54) is 6.07 Å². The number of alkyl halides is 3. The minimum Gasteiger partial charge on any atom is -0.348 e. The highest BCUT2D eigenvalue weighted by atomic mass is 79.9. The number of nitrogens with one attached hydrogen (secondary N) is 1. The van der Waals surface area contributed by atoms with Gasteiger partial charge >= 0.3 is 6.18 Å². The Kier molecular flexibility index (Phi) is 3.85. The van der Waals surface area contributed by atoms with E-state index in [1.54, 1.807) is 0 Å². The zero-order valence-corrected chi connectivity index (χ0v) is 11.7. The molecule has 0 aromatic carbocycles. The zero-order valence-electron chi connectivity index (χ0n) is 10.1. The highest BCUT2D eigenvalue weighted by molar-refractivity contribution is 9.10. The molecule has 1 heterocycles. The van der Waals surface area contributed by atoms with Crippen LogP contribution in [0.5, 0.6) is 0 Å². The van der Waals surface area contributed by atoms with Crippen LogP contribution in [0.2, 0.25) is 0 Å². The number of amides is 1. The van der Waals surface area contributed by atoms with Crippen molar-refractivity contribution in [2.75, 3.05) is 0 Å². The molecule has 0 unspecified atom stereocenters. The lowest BCUT2D eigenvalue weighted by Gasteiger charge is -2.33. The van der Waals surface area contributed by atoms with E-state index in [0.29, 0.717) is 5.92 Å². The van der Waals surface area contributed by atoms with Gasteiger partial charge in [0.1, 0.15) is 11.4 Å². The predicted molar refractivity (Wildman–Crippen MR) is 66.6 cm³/mol. The Hall–Kier alpha value is -1.11. The van der Waals surface area contributed by atoms with E-state index in [2.05, 4.69) is 33.2 Å². The van der Waals surface area contributed by atoms with Gasteiger partial charge in [-0.3, -0.25) is 4.79 Å². The summed E-state index contributed by atoms with van der Waals surface area (Å²) in [6.07, 6.45) is -2.86. The fraction of sp³-hybridized carbons (Fsp3) is 0.500. The fourth-order valence-corrected chi connectivity index (χ4v) is 2.43. The molecule has 104 valence electrons. The van der Waals surface area contributed by atoms with Crippen molar-refractivity contribution < 1.29 is 18.0 Å².